The molecule has 0 unspecified atom stereocenters. The number of nitrogens with zero attached hydrogens (tertiary/aromatic N) is 2. The van der Waals surface area contributed by atoms with Gasteiger partial charge in [0.2, 0.25) is 0 Å². The van der Waals surface area contributed by atoms with Crippen molar-refractivity contribution in [2.45, 2.75) is 6.92 Å². The fourth-order valence-corrected chi connectivity index (χ4v) is 3.27. The van der Waals surface area contributed by atoms with Gasteiger partial charge >= 0.3 is 0 Å². The zero-order valence-corrected chi connectivity index (χ0v) is 15.7. The molecule has 7 heteroatoms. The molecule has 1 N–H and O–H groups in total. The minimum absolute atomic E-state index is 0.0617. The van der Waals surface area contributed by atoms with Crippen molar-refractivity contribution < 1.29 is 14.3 Å². The highest BCUT2D eigenvalue weighted by Gasteiger charge is 2.24. The summed E-state index contributed by atoms with van der Waals surface area (Å²) < 4.78 is 10.6. The number of carbonyl (C=O) groups is 1. The number of amidine groups is 1. The summed E-state index contributed by atoms with van der Waals surface area (Å²) in [6, 6.07) is 14.9. The van der Waals surface area contributed by atoms with Crippen LogP contribution >= 0.6 is 11.8 Å². The average Bonchev–Trinajstić information content (AvgIpc) is 3.01. The van der Waals surface area contributed by atoms with Crippen LogP contribution in [0.2, 0.25) is 0 Å². The lowest BCUT2D eigenvalue weighted by atomic mass is 10.2. The zero-order chi connectivity index (χ0) is 19.2. The number of thioether (sulfide) groups is 1. The highest BCUT2D eigenvalue weighted by Crippen LogP contribution is 2.32. The van der Waals surface area contributed by atoms with Gasteiger partial charge in [0.15, 0.2) is 23.3 Å². The van der Waals surface area contributed by atoms with E-state index in [4.69, 9.17) is 14.7 Å². The molecule has 1 saturated heterocycles. The second kappa shape index (κ2) is 8.43. The number of methoxy groups -OCH3 is 1. The van der Waals surface area contributed by atoms with Crippen LogP contribution < -0.4 is 14.8 Å². The summed E-state index contributed by atoms with van der Waals surface area (Å²) in [5.41, 5.74) is 2.64. The number of para-hydroxylation sites is 1. The van der Waals surface area contributed by atoms with Crippen LogP contribution in [0.4, 0.5) is 5.69 Å². The topological polar surface area (TPSA) is 83.7 Å². The second-order valence-electron chi connectivity index (χ2n) is 5.63. The molecule has 3 rings (SSSR count). The Bertz CT molecular complexity index is 977. The van der Waals surface area contributed by atoms with E-state index in [0.29, 0.717) is 21.6 Å². The summed E-state index contributed by atoms with van der Waals surface area (Å²) >= 11 is 1.28. The van der Waals surface area contributed by atoms with E-state index in [2.05, 4.69) is 10.3 Å². The van der Waals surface area contributed by atoms with Crippen molar-refractivity contribution in [2.75, 3.05) is 13.7 Å². The summed E-state index contributed by atoms with van der Waals surface area (Å²) in [5.74, 6) is 0.777. The van der Waals surface area contributed by atoms with Crippen LogP contribution in [0.3, 0.4) is 0 Å². The minimum atomic E-state index is -0.198. The lowest BCUT2D eigenvalue weighted by Crippen LogP contribution is -2.19. The van der Waals surface area contributed by atoms with Crippen molar-refractivity contribution in [3.05, 3.63) is 58.5 Å². The van der Waals surface area contributed by atoms with Crippen LogP contribution in [0.15, 0.2) is 52.4 Å². The number of nitrogens with one attached hydrogen (secondary N) is 1. The number of rotatable bonds is 5. The summed E-state index contributed by atoms with van der Waals surface area (Å²) in [5, 5.41) is 12.0. The maximum absolute atomic E-state index is 12.3. The smallest absolute Gasteiger partial charge is 0.264 e. The number of nitriles is 1. The third-order valence-electron chi connectivity index (χ3n) is 3.77. The fourth-order valence-electron chi connectivity index (χ4n) is 2.43. The van der Waals surface area contributed by atoms with Gasteiger partial charge in [-0.2, -0.15) is 5.26 Å². The molecule has 0 saturated carbocycles. The Hall–Kier alpha value is -3.24. The molecule has 0 bridgehead atoms. The van der Waals surface area contributed by atoms with E-state index in [0.717, 1.165) is 16.8 Å². The number of amides is 1. The molecule has 0 aliphatic carbocycles. The molecule has 0 atom stereocenters. The van der Waals surface area contributed by atoms with Crippen molar-refractivity contribution in [3.8, 4) is 17.6 Å². The highest BCUT2D eigenvalue weighted by molar-refractivity contribution is 8.18. The molecule has 136 valence electrons. The molecular formula is C20H17N3O3S. The van der Waals surface area contributed by atoms with Crippen molar-refractivity contribution in [3.63, 3.8) is 0 Å². The number of ether oxygens (including phenoxy) is 2. The molecule has 1 heterocycles. The lowest BCUT2D eigenvalue weighted by Gasteiger charge is -2.08. The molecular weight excluding hydrogens is 362 g/mol. The van der Waals surface area contributed by atoms with Crippen molar-refractivity contribution in [1.82, 2.24) is 5.32 Å². The van der Waals surface area contributed by atoms with E-state index in [1.165, 1.54) is 18.9 Å². The van der Waals surface area contributed by atoms with Crippen molar-refractivity contribution in [1.29, 1.82) is 5.26 Å². The average molecular weight is 379 g/mol. The first-order valence-electron chi connectivity index (χ1n) is 8.13. The Labute approximate surface area is 161 Å². The van der Waals surface area contributed by atoms with Gasteiger partial charge in [-0.05, 0) is 54.1 Å². The number of aryl methyl sites for hydroxylation is 1. The van der Waals surface area contributed by atoms with Crippen LogP contribution in [-0.4, -0.2) is 24.8 Å². The molecule has 1 fully saturated rings. The summed E-state index contributed by atoms with van der Waals surface area (Å²) in [4.78, 5) is 17.3. The van der Waals surface area contributed by atoms with E-state index < -0.39 is 0 Å². The number of aliphatic imine (C=N–C) groups is 1. The van der Waals surface area contributed by atoms with Gasteiger partial charge in [-0.25, -0.2) is 4.99 Å². The monoisotopic (exact) mass is 379 g/mol. The van der Waals surface area contributed by atoms with Gasteiger partial charge in [0.1, 0.15) is 6.07 Å². The SMILES string of the molecule is COc1cc(C=C2SC(=Nc3ccccc3C)NC2=O)ccc1OCC#N. The Balaban J connectivity index is 1.82. The predicted molar refractivity (Wildman–Crippen MR) is 106 cm³/mol. The first kappa shape index (κ1) is 18.5. The van der Waals surface area contributed by atoms with E-state index in [-0.39, 0.29) is 12.5 Å². The molecule has 0 spiro atoms. The van der Waals surface area contributed by atoms with Gasteiger partial charge in [-0.15, -0.1) is 0 Å². The summed E-state index contributed by atoms with van der Waals surface area (Å²) in [6.07, 6.45) is 1.76. The number of hydrogen-bond acceptors (Lipinski definition) is 6. The van der Waals surface area contributed by atoms with E-state index in [9.17, 15) is 4.79 Å². The first-order chi connectivity index (χ1) is 13.1. The Morgan fingerprint density at radius 3 is 2.81 bits per heavy atom. The van der Waals surface area contributed by atoms with E-state index >= 15 is 0 Å². The van der Waals surface area contributed by atoms with Crippen molar-refractivity contribution >= 4 is 34.6 Å². The van der Waals surface area contributed by atoms with Crippen molar-refractivity contribution in [2.24, 2.45) is 4.99 Å². The molecule has 1 aliphatic rings. The van der Waals surface area contributed by atoms with Gasteiger partial charge in [-0.3, -0.25) is 4.79 Å². The zero-order valence-electron chi connectivity index (χ0n) is 14.9. The highest BCUT2D eigenvalue weighted by atomic mass is 32.2. The maximum Gasteiger partial charge on any atom is 0.264 e. The van der Waals surface area contributed by atoms with E-state index in [1.54, 1.807) is 24.3 Å². The van der Waals surface area contributed by atoms with Crippen LogP contribution in [0.25, 0.3) is 6.08 Å². The Morgan fingerprint density at radius 2 is 2.07 bits per heavy atom. The van der Waals surface area contributed by atoms with Crippen LogP contribution in [0.5, 0.6) is 11.5 Å². The second-order valence-corrected chi connectivity index (χ2v) is 6.66. The van der Waals surface area contributed by atoms with Crippen LogP contribution in [0.1, 0.15) is 11.1 Å². The molecule has 0 radical (unpaired) electrons. The van der Waals surface area contributed by atoms with Gasteiger partial charge in [0, 0.05) is 0 Å². The molecule has 2 aromatic rings. The normalized spacial score (nSPS) is 16.3. The van der Waals surface area contributed by atoms with Gasteiger partial charge in [0.05, 0.1) is 17.7 Å². The largest absolute Gasteiger partial charge is 0.493 e. The quantitative estimate of drug-likeness (QED) is 0.799. The summed E-state index contributed by atoms with van der Waals surface area (Å²) in [6.45, 7) is 1.91. The molecule has 27 heavy (non-hydrogen) atoms. The predicted octanol–water partition coefficient (Wildman–Crippen LogP) is 3.80. The summed E-state index contributed by atoms with van der Waals surface area (Å²) in [7, 11) is 1.52. The molecule has 6 nitrogen and oxygen atoms in total. The molecule has 0 aromatic heterocycles. The Morgan fingerprint density at radius 1 is 1.26 bits per heavy atom. The van der Waals surface area contributed by atoms with Gasteiger partial charge in [-0.1, -0.05) is 24.3 Å². The number of carbonyl (C=O) groups excluding carboxylic acids is 1. The molecule has 1 aliphatic heterocycles. The molecule has 2 aromatic carbocycles. The number of hydrogen-bond donors (Lipinski definition) is 1. The van der Waals surface area contributed by atoms with Crippen LogP contribution in [-0.2, 0) is 4.79 Å². The first-order valence-corrected chi connectivity index (χ1v) is 8.95. The molecule has 1 amide bonds. The maximum atomic E-state index is 12.3. The van der Waals surface area contributed by atoms with Gasteiger partial charge in [0.25, 0.3) is 5.91 Å². The minimum Gasteiger partial charge on any atom is -0.493 e. The fraction of sp³-hybridized carbons (Fsp3) is 0.150. The van der Waals surface area contributed by atoms with E-state index in [1.807, 2.05) is 37.3 Å². The lowest BCUT2D eigenvalue weighted by molar-refractivity contribution is -0.115. The standard InChI is InChI=1S/C20H17N3O3S/c1-13-5-3-4-6-15(13)22-20-23-19(24)18(27-20)12-14-7-8-16(26-10-9-21)17(11-14)25-2/h3-8,11-12H,10H2,1-2H3,(H,22,23,24). The van der Waals surface area contributed by atoms with Crippen LogP contribution in [0, 0.1) is 18.3 Å². The third-order valence-corrected chi connectivity index (χ3v) is 4.68. The third kappa shape index (κ3) is 4.49. The van der Waals surface area contributed by atoms with Gasteiger partial charge < -0.3 is 14.8 Å². The Kier molecular flexibility index (Phi) is 5.79. The number of benzene rings is 2.